The molecule has 0 bridgehead atoms. The maximum Gasteiger partial charge on any atom is 0.211 e. The molecule has 0 radical (unpaired) electrons. The van der Waals surface area contributed by atoms with Gasteiger partial charge in [0.25, 0.3) is 0 Å². The van der Waals surface area contributed by atoms with Gasteiger partial charge in [0.15, 0.2) is 0 Å². The highest BCUT2D eigenvalue weighted by molar-refractivity contribution is 5.51. The van der Waals surface area contributed by atoms with Crippen LogP contribution in [0.15, 0.2) is 12.5 Å². The summed E-state index contributed by atoms with van der Waals surface area (Å²) in [6.07, 6.45) is 12.4. The number of H-pyrrole nitrogens is 1. The van der Waals surface area contributed by atoms with Gasteiger partial charge in [-0.2, -0.15) is 0 Å². The molecule has 1 aromatic rings. The van der Waals surface area contributed by atoms with Gasteiger partial charge < -0.3 is 9.88 Å². The van der Waals surface area contributed by atoms with Crippen LogP contribution < -0.4 is 5.32 Å². The molecule has 0 aromatic carbocycles. The van der Waals surface area contributed by atoms with Gasteiger partial charge in [-0.3, -0.25) is 10.1 Å². The summed E-state index contributed by atoms with van der Waals surface area (Å²) in [7, 11) is 0. The number of hydrogen-bond acceptors (Lipinski definition) is 3. The smallest absolute Gasteiger partial charge is 0.211 e. The van der Waals surface area contributed by atoms with E-state index in [4.69, 9.17) is 0 Å². The third-order valence-corrected chi connectivity index (χ3v) is 5.38. The van der Waals surface area contributed by atoms with Gasteiger partial charge in [0.1, 0.15) is 0 Å². The summed E-state index contributed by atoms with van der Waals surface area (Å²) in [6.45, 7) is 0. The van der Waals surface area contributed by atoms with Crippen LogP contribution in [0.1, 0.15) is 50.1 Å². The van der Waals surface area contributed by atoms with E-state index >= 15 is 0 Å². The van der Waals surface area contributed by atoms with Crippen molar-refractivity contribution in [3.8, 4) is 0 Å². The van der Waals surface area contributed by atoms with Crippen LogP contribution in [-0.4, -0.2) is 39.5 Å². The standard InChI is InChI=1S/C15H22N4O/c20-9-19(14-6-11(14)13-7-16-8-17-13)15-5-10-3-1-2-4-12(10)18-15/h7-12,14-15,18H,1-6H2,(H,16,17)/t10?,11-,12+,14+,15?/m1/s1. The molecule has 108 valence electrons. The van der Waals surface area contributed by atoms with E-state index in [-0.39, 0.29) is 6.17 Å². The first-order valence-electron chi connectivity index (χ1n) is 7.84. The maximum absolute atomic E-state index is 11.6. The summed E-state index contributed by atoms with van der Waals surface area (Å²) in [6, 6.07) is 0.992. The third kappa shape index (κ3) is 2.04. The van der Waals surface area contributed by atoms with Crippen molar-refractivity contribution >= 4 is 6.41 Å². The van der Waals surface area contributed by atoms with Crippen molar-refractivity contribution in [1.82, 2.24) is 20.2 Å². The van der Waals surface area contributed by atoms with E-state index in [1.54, 1.807) is 6.33 Å². The van der Waals surface area contributed by atoms with Gasteiger partial charge >= 0.3 is 0 Å². The normalized spacial score (nSPS) is 39.3. The van der Waals surface area contributed by atoms with Crippen LogP contribution in [0.5, 0.6) is 0 Å². The Morgan fingerprint density at radius 2 is 2.20 bits per heavy atom. The highest BCUT2D eigenvalue weighted by Crippen LogP contribution is 2.45. The van der Waals surface area contributed by atoms with Crippen molar-refractivity contribution in [2.24, 2.45) is 5.92 Å². The van der Waals surface area contributed by atoms with Gasteiger partial charge in [0, 0.05) is 29.9 Å². The molecule has 1 saturated heterocycles. The second-order valence-electron chi connectivity index (χ2n) is 6.54. The van der Waals surface area contributed by atoms with Gasteiger partial charge in [-0.15, -0.1) is 0 Å². The Labute approximate surface area is 119 Å². The number of amides is 1. The Morgan fingerprint density at radius 1 is 1.30 bits per heavy atom. The van der Waals surface area contributed by atoms with E-state index < -0.39 is 0 Å². The van der Waals surface area contributed by atoms with Crippen LogP contribution in [0, 0.1) is 5.92 Å². The summed E-state index contributed by atoms with van der Waals surface area (Å²) in [4.78, 5) is 20.8. The lowest BCUT2D eigenvalue weighted by atomic mass is 9.85. The summed E-state index contributed by atoms with van der Waals surface area (Å²) >= 11 is 0. The van der Waals surface area contributed by atoms with Gasteiger partial charge in [0.2, 0.25) is 6.41 Å². The zero-order valence-corrected chi connectivity index (χ0v) is 11.7. The summed E-state index contributed by atoms with van der Waals surface area (Å²) in [5.74, 6) is 1.23. The fraction of sp³-hybridized carbons (Fsp3) is 0.733. The Morgan fingerprint density at radius 3 is 2.95 bits per heavy atom. The number of imidazole rings is 1. The summed E-state index contributed by atoms with van der Waals surface area (Å²) < 4.78 is 0. The maximum atomic E-state index is 11.6. The summed E-state index contributed by atoms with van der Waals surface area (Å²) in [5.41, 5.74) is 1.16. The van der Waals surface area contributed by atoms with Crippen LogP contribution in [-0.2, 0) is 4.79 Å². The molecule has 2 heterocycles. The second-order valence-corrected chi connectivity index (χ2v) is 6.54. The molecule has 1 amide bonds. The number of hydrogen-bond donors (Lipinski definition) is 2. The van der Waals surface area contributed by atoms with E-state index in [0.717, 1.165) is 30.9 Å². The number of aromatic nitrogens is 2. The Kier molecular flexibility index (Phi) is 3.02. The lowest BCUT2D eigenvalue weighted by Gasteiger charge is -2.26. The second kappa shape index (κ2) is 4.88. The van der Waals surface area contributed by atoms with Crippen LogP contribution in [0.3, 0.4) is 0 Å². The monoisotopic (exact) mass is 274 g/mol. The number of nitrogens with one attached hydrogen (secondary N) is 2. The highest BCUT2D eigenvalue weighted by atomic mass is 16.1. The number of carbonyl (C=O) groups is 1. The molecule has 3 aliphatic rings. The van der Waals surface area contributed by atoms with Gasteiger partial charge in [-0.05, 0) is 31.6 Å². The number of aromatic amines is 1. The molecule has 5 nitrogen and oxygen atoms in total. The van der Waals surface area contributed by atoms with Gasteiger partial charge in [-0.1, -0.05) is 12.8 Å². The molecule has 20 heavy (non-hydrogen) atoms. The first-order chi connectivity index (χ1) is 9.86. The van der Waals surface area contributed by atoms with Gasteiger partial charge in [0.05, 0.1) is 12.5 Å². The fourth-order valence-corrected chi connectivity index (χ4v) is 4.22. The minimum atomic E-state index is 0.249. The van der Waals surface area contributed by atoms with Crippen molar-refractivity contribution in [3.05, 3.63) is 18.2 Å². The van der Waals surface area contributed by atoms with Crippen LogP contribution in [0.25, 0.3) is 0 Å². The van der Waals surface area contributed by atoms with Crippen molar-refractivity contribution < 1.29 is 4.79 Å². The zero-order valence-electron chi connectivity index (χ0n) is 11.7. The SMILES string of the molecule is O=CN(C1CC2CCCC[C@@H]2N1)[C@H]1C[C@@H]1c1cnc[nH]1. The molecule has 1 aliphatic heterocycles. The third-order valence-electron chi connectivity index (χ3n) is 5.38. The predicted octanol–water partition coefficient (Wildman–Crippen LogP) is 1.60. The quantitative estimate of drug-likeness (QED) is 0.820. The molecule has 2 aliphatic carbocycles. The largest absolute Gasteiger partial charge is 0.348 e. The van der Waals surface area contributed by atoms with E-state index in [1.807, 2.05) is 11.1 Å². The lowest BCUT2D eigenvalue weighted by Crippen LogP contribution is -2.45. The van der Waals surface area contributed by atoms with Crippen LogP contribution >= 0.6 is 0 Å². The average Bonchev–Trinajstić information content (AvgIpc) is 2.93. The number of fused-ring (bicyclic) bond motifs is 1. The lowest BCUT2D eigenvalue weighted by molar-refractivity contribution is -0.121. The van der Waals surface area contributed by atoms with E-state index in [0.29, 0.717) is 18.0 Å². The fourth-order valence-electron chi connectivity index (χ4n) is 4.22. The Bertz CT molecular complexity index is 460. The predicted molar refractivity (Wildman–Crippen MR) is 74.9 cm³/mol. The van der Waals surface area contributed by atoms with Crippen molar-refractivity contribution in [3.63, 3.8) is 0 Å². The summed E-state index contributed by atoms with van der Waals surface area (Å²) in [5, 5.41) is 3.70. The molecule has 0 spiro atoms. The molecule has 5 heteroatoms. The minimum Gasteiger partial charge on any atom is -0.348 e. The topological polar surface area (TPSA) is 61.0 Å². The van der Waals surface area contributed by atoms with E-state index in [1.165, 1.54) is 25.7 Å². The van der Waals surface area contributed by atoms with E-state index in [9.17, 15) is 4.79 Å². The number of rotatable bonds is 4. The Hall–Kier alpha value is -1.36. The van der Waals surface area contributed by atoms with E-state index in [2.05, 4.69) is 15.3 Å². The van der Waals surface area contributed by atoms with Crippen molar-refractivity contribution in [1.29, 1.82) is 0 Å². The molecular formula is C15H22N4O. The molecule has 2 unspecified atom stereocenters. The highest BCUT2D eigenvalue weighted by Gasteiger charge is 2.48. The zero-order chi connectivity index (χ0) is 13.5. The first kappa shape index (κ1) is 12.4. The first-order valence-corrected chi connectivity index (χ1v) is 7.84. The molecule has 2 saturated carbocycles. The Balaban J connectivity index is 1.43. The molecule has 3 fully saturated rings. The number of carbonyl (C=O) groups excluding carboxylic acids is 1. The van der Waals surface area contributed by atoms with Crippen molar-refractivity contribution in [2.45, 2.75) is 62.7 Å². The molecular weight excluding hydrogens is 252 g/mol. The minimum absolute atomic E-state index is 0.249. The van der Waals surface area contributed by atoms with Crippen molar-refractivity contribution in [2.75, 3.05) is 0 Å². The van der Waals surface area contributed by atoms with Crippen LogP contribution in [0.2, 0.25) is 0 Å². The molecule has 5 atom stereocenters. The van der Waals surface area contributed by atoms with Gasteiger partial charge in [-0.25, -0.2) is 4.98 Å². The molecule has 1 aromatic heterocycles. The van der Waals surface area contributed by atoms with Crippen LogP contribution in [0.4, 0.5) is 0 Å². The number of nitrogens with zero attached hydrogens (tertiary/aromatic N) is 2. The average molecular weight is 274 g/mol. The molecule has 4 rings (SSSR count). The molecule has 2 N–H and O–H groups in total.